The van der Waals surface area contributed by atoms with Crippen LogP contribution in [0.15, 0.2) is 41.3 Å². The van der Waals surface area contributed by atoms with Gasteiger partial charge in [-0.2, -0.15) is 0 Å². The van der Waals surface area contributed by atoms with Gasteiger partial charge in [-0.05, 0) is 36.8 Å². The molecular weight excluding hydrogens is 308 g/mol. The van der Waals surface area contributed by atoms with Gasteiger partial charge >= 0.3 is 0 Å². The second-order valence-corrected chi connectivity index (χ2v) is 6.23. The van der Waals surface area contributed by atoms with Gasteiger partial charge in [-0.3, -0.25) is 4.72 Å². The molecule has 0 heterocycles. The molecule has 0 saturated carbocycles. The van der Waals surface area contributed by atoms with Crippen molar-refractivity contribution in [3.63, 3.8) is 0 Å². The van der Waals surface area contributed by atoms with Crippen molar-refractivity contribution in [3.8, 4) is 0 Å². The molecule has 2 rings (SSSR count). The lowest BCUT2D eigenvalue weighted by atomic mass is 10.2. The fourth-order valence-electron chi connectivity index (χ4n) is 1.52. The highest BCUT2D eigenvalue weighted by Crippen LogP contribution is 2.23. The molecule has 0 aliphatic heterocycles. The van der Waals surface area contributed by atoms with E-state index in [1.165, 1.54) is 18.2 Å². The molecule has 20 heavy (non-hydrogen) atoms. The zero-order valence-electron chi connectivity index (χ0n) is 10.3. The minimum absolute atomic E-state index is 0.128. The van der Waals surface area contributed by atoms with Crippen molar-refractivity contribution in [1.82, 2.24) is 0 Å². The smallest absolute Gasteiger partial charge is 0.262 e. The molecule has 0 amide bonds. The van der Waals surface area contributed by atoms with Gasteiger partial charge in [-0.25, -0.2) is 17.2 Å². The van der Waals surface area contributed by atoms with Crippen LogP contribution in [0.3, 0.4) is 0 Å². The monoisotopic (exact) mass is 317 g/mol. The van der Waals surface area contributed by atoms with E-state index >= 15 is 0 Å². The number of anilines is 1. The molecule has 0 bridgehead atoms. The van der Waals surface area contributed by atoms with Crippen molar-refractivity contribution in [3.05, 3.63) is 58.6 Å². The Morgan fingerprint density at radius 1 is 1.10 bits per heavy atom. The number of halogens is 3. The molecule has 0 saturated heterocycles. The van der Waals surface area contributed by atoms with Crippen molar-refractivity contribution >= 4 is 27.3 Å². The molecule has 2 aromatic rings. The van der Waals surface area contributed by atoms with Gasteiger partial charge < -0.3 is 0 Å². The summed E-state index contributed by atoms with van der Waals surface area (Å²) in [5.41, 5.74) is 0.254. The number of sulfonamides is 1. The zero-order valence-corrected chi connectivity index (χ0v) is 11.9. The Morgan fingerprint density at radius 3 is 2.45 bits per heavy atom. The van der Waals surface area contributed by atoms with Crippen LogP contribution in [0.2, 0.25) is 5.02 Å². The molecule has 106 valence electrons. The van der Waals surface area contributed by atoms with Gasteiger partial charge in [0, 0.05) is 11.1 Å². The van der Waals surface area contributed by atoms with E-state index in [0.29, 0.717) is 5.56 Å². The van der Waals surface area contributed by atoms with Crippen molar-refractivity contribution in [1.29, 1.82) is 0 Å². The molecule has 0 spiro atoms. The number of nitrogens with one attached hydrogen (secondary N) is 1. The Morgan fingerprint density at radius 2 is 1.80 bits per heavy atom. The Labute approximate surface area is 120 Å². The summed E-state index contributed by atoms with van der Waals surface area (Å²) in [5.74, 6) is -1.61. The van der Waals surface area contributed by atoms with Gasteiger partial charge in [0.25, 0.3) is 10.0 Å². The molecule has 7 heteroatoms. The van der Waals surface area contributed by atoms with Crippen LogP contribution in [0.1, 0.15) is 5.56 Å². The molecule has 0 aliphatic rings. The van der Waals surface area contributed by atoms with Crippen LogP contribution in [0.5, 0.6) is 0 Å². The first-order valence-corrected chi connectivity index (χ1v) is 7.40. The maximum atomic E-state index is 13.4. The Hall–Kier alpha value is -1.66. The molecule has 0 fully saturated rings. The fourth-order valence-corrected chi connectivity index (χ4v) is 2.85. The van der Waals surface area contributed by atoms with Gasteiger partial charge in [0.1, 0.15) is 11.6 Å². The number of rotatable bonds is 3. The highest BCUT2D eigenvalue weighted by atomic mass is 35.5. The predicted molar refractivity (Wildman–Crippen MR) is 73.4 cm³/mol. The molecule has 3 nitrogen and oxygen atoms in total. The molecular formula is C13H10ClF2NO2S. The van der Waals surface area contributed by atoms with E-state index in [0.717, 1.165) is 18.2 Å². The van der Waals surface area contributed by atoms with E-state index in [1.54, 1.807) is 6.92 Å². The first-order valence-electron chi connectivity index (χ1n) is 5.53. The van der Waals surface area contributed by atoms with Crippen LogP contribution >= 0.6 is 11.6 Å². The largest absolute Gasteiger partial charge is 0.277 e. The van der Waals surface area contributed by atoms with E-state index in [4.69, 9.17) is 11.6 Å². The second-order valence-electron chi connectivity index (χ2n) is 4.14. The molecule has 0 aromatic heterocycles. The van der Waals surface area contributed by atoms with Crippen LogP contribution in [-0.4, -0.2) is 8.42 Å². The molecule has 1 N–H and O–H groups in total. The second kappa shape index (κ2) is 5.38. The Bertz CT molecular complexity index is 763. The molecule has 0 radical (unpaired) electrons. The van der Waals surface area contributed by atoms with Crippen LogP contribution in [0.25, 0.3) is 0 Å². The summed E-state index contributed by atoms with van der Waals surface area (Å²) in [4.78, 5) is -0.128. The van der Waals surface area contributed by atoms with Crippen molar-refractivity contribution in [2.24, 2.45) is 0 Å². The van der Waals surface area contributed by atoms with Crippen LogP contribution in [-0.2, 0) is 10.0 Å². The first-order chi connectivity index (χ1) is 9.29. The average Bonchev–Trinajstić information content (AvgIpc) is 2.36. The van der Waals surface area contributed by atoms with Crippen molar-refractivity contribution in [2.75, 3.05) is 4.72 Å². The quantitative estimate of drug-likeness (QED) is 0.937. The summed E-state index contributed by atoms with van der Waals surface area (Å²) in [6.45, 7) is 1.72. The maximum absolute atomic E-state index is 13.4. The number of benzene rings is 2. The lowest BCUT2D eigenvalue weighted by Crippen LogP contribution is -2.14. The summed E-state index contributed by atoms with van der Waals surface area (Å²) in [6.07, 6.45) is 0. The third-order valence-corrected chi connectivity index (χ3v) is 4.40. The number of hydrogen-bond donors (Lipinski definition) is 1. The fraction of sp³-hybridized carbons (Fsp3) is 0.0769. The van der Waals surface area contributed by atoms with E-state index in [-0.39, 0.29) is 9.92 Å². The van der Waals surface area contributed by atoms with E-state index in [1.807, 2.05) is 4.72 Å². The molecule has 0 aliphatic carbocycles. The summed E-state index contributed by atoms with van der Waals surface area (Å²) >= 11 is 5.85. The Balaban J connectivity index is 2.40. The average molecular weight is 318 g/mol. The maximum Gasteiger partial charge on any atom is 0.262 e. The van der Waals surface area contributed by atoms with Gasteiger partial charge in [0.15, 0.2) is 0 Å². The minimum atomic E-state index is -4.03. The van der Waals surface area contributed by atoms with E-state index in [9.17, 15) is 17.2 Å². The SMILES string of the molecule is Cc1ccc(S(=O)(=O)Nc2cc(F)ccc2F)cc1Cl. The summed E-state index contributed by atoms with van der Waals surface area (Å²) in [6, 6.07) is 6.61. The van der Waals surface area contributed by atoms with Crippen LogP contribution in [0.4, 0.5) is 14.5 Å². The summed E-state index contributed by atoms with van der Waals surface area (Å²) in [7, 11) is -4.03. The zero-order chi connectivity index (χ0) is 14.9. The first kappa shape index (κ1) is 14.7. The van der Waals surface area contributed by atoms with E-state index in [2.05, 4.69) is 0 Å². The normalized spacial score (nSPS) is 11.4. The lowest BCUT2D eigenvalue weighted by molar-refractivity contribution is 0.594. The minimum Gasteiger partial charge on any atom is -0.277 e. The van der Waals surface area contributed by atoms with Crippen LogP contribution in [0, 0.1) is 18.6 Å². The Kier molecular flexibility index (Phi) is 3.96. The van der Waals surface area contributed by atoms with Crippen molar-refractivity contribution in [2.45, 2.75) is 11.8 Å². The van der Waals surface area contributed by atoms with Gasteiger partial charge in [0.2, 0.25) is 0 Å². The van der Waals surface area contributed by atoms with Crippen molar-refractivity contribution < 1.29 is 17.2 Å². The van der Waals surface area contributed by atoms with Gasteiger partial charge in [-0.15, -0.1) is 0 Å². The van der Waals surface area contributed by atoms with Crippen LogP contribution < -0.4 is 4.72 Å². The number of hydrogen-bond acceptors (Lipinski definition) is 2. The highest BCUT2D eigenvalue weighted by Gasteiger charge is 2.17. The summed E-state index contributed by atoms with van der Waals surface area (Å²) in [5, 5.41) is 0.271. The summed E-state index contributed by atoms with van der Waals surface area (Å²) < 4.78 is 52.6. The lowest BCUT2D eigenvalue weighted by Gasteiger charge is -2.10. The molecule has 0 atom stereocenters. The predicted octanol–water partition coefficient (Wildman–Crippen LogP) is 3.73. The van der Waals surface area contributed by atoms with Gasteiger partial charge in [0.05, 0.1) is 10.6 Å². The standard InChI is InChI=1S/C13H10ClF2NO2S/c1-8-2-4-10(7-11(8)14)20(18,19)17-13-6-9(15)3-5-12(13)16/h2-7,17H,1H3. The topological polar surface area (TPSA) is 46.2 Å². The highest BCUT2D eigenvalue weighted by molar-refractivity contribution is 7.92. The third kappa shape index (κ3) is 3.08. The third-order valence-electron chi connectivity index (χ3n) is 2.63. The number of aryl methyl sites for hydroxylation is 1. The molecule has 2 aromatic carbocycles. The van der Waals surface area contributed by atoms with Gasteiger partial charge in [-0.1, -0.05) is 17.7 Å². The molecule has 0 unspecified atom stereocenters. The van der Waals surface area contributed by atoms with E-state index < -0.39 is 27.3 Å².